The molecule has 1 atom stereocenters. The highest BCUT2D eigenvalue weighted by Crippen LogP contribution is 2.24. The largest absolute Gasteiger partial charge is 0.324 e. The van der Waals surface area contributed by atoms with Gasteiger partial charge in [-0.15, -0.1) is 0 Å². The number of nitrogens with two attached hydrogens (primary N) is 1. The number of hydrogen-bond donors (Lipinski definition) is 3. The lowest BCUT2D eigenvalue weighted by Crippen LogP contribution is -2.34. The van der Waals surface area contributed by atoms with Gasteiger partial charge in [-0.3, -0.25) is 9.89 Å². The van der Waals surface area contributed by atoms with Crippen molar-refractivity contribution in [3.63, 3.8) is 0 Å². The average Bonchev–Trinajstić information content (AvgIpc) is 2.85. The van der Waals surface area contributed by atoms with Gasteiger partial charge in [0, 0.05) is 5.56 Å². The summed E-state index contributed by atoms with van der Waals surface area (Å²) in [6.07, 6.45) is 0.591. The summed E-state index contributed by atoms with van der Waals surface area (Å²) in [7, 11) is 0. The minimum Gasteiger partial charge on any atom is -0.324 e. The number of para-hydroxylation sites is 1. The molecule has 0 unspecified atom stereocenters. The average molecular weight is 259 g/mol. The summed E-state index contributed by atoms with van der Waals surface area (Å²) in [5.74, 6) is 1.07. The highest BCUT2D eigenvalue weighted by molar-refractivity contribution is 5.97. The summed E-state index contributed by atoms with van der Waals surface area (Å²) in [6.45, 7) is 3.69. The van der Waals surface area contributed by atoms with E-state index in [0.717, 1.165) is 11.4 Å². The van der Waals surface area contributed by atoms with E-state index in [4.69, 9.17) is 5.73 Å². The van der Waals surface area contributed by atoms with Crippen LogP contribution in [0.4, 0.5) is 5.69 Å². The number of H-pyrrole nitrogens is 1. The molecule has 6 heteroatoms. The Morgan fingerprint density at radius 2 is 2.21 bits per heavy atom. The second-order valence-electron chi connectivity index (χ2n) is 4.29. The first kappa shape index (κ1) is 13.2. The van der Waals surface area contributed by atoms with Gasteiger partial charge >= 0.3 is 0 Å². The molecule has 2 rings (SSSR count). The number of rotatable bonds is 4. The van der Waals surface area contributed by atoms with E-state index < -0.39 is 6.04 Å². The number of benzene rings is 1. The summed E-state index contributed by atoms with van der Waals surface area (Å²) in [4.78, 5) is 16.1. The van der Waals surface area contributed by atoms with Crippen LogP contribution in [0.15, 0.2) is 24.3 Å². The van der Waals surface area contributed by atoms with E-state index in [1.165, 1.54) is 0 Å². The smallest absolute Gasteiger partial charge is 0.241 e. The molecule has 4 N–H and O–H groups in total. The fraction of sp³-hybridized carbons (Fsp3) is 0.308. The van der Waals surface area contributed by atoms with E-state index in [1.807, 2.05) is 32.0 Å². The van der Waals surface area contributed by atoms with Gasteiger partial charge in [-0.2, -0.15) is 5.10 Å². The topological polar surface area (TPSA) is 96.7 Å². The molecule has 1 heterocycles. The SMILES string of the molecule is CC[C@@H](N)C(=O)Nc1ccccc1-c1n[nH]c(C)n1. The van der Waals surface area contributed by atoms with Crippen molar-refractivity contribution in [1.82, 2.24) is 15.2 Å². The number of aromatic amines is 1. The molecule has 1 aromatic heterocycles. The Morgan fingerprint density at radius 3 is 2.84 bits per heavy atom. The summed E-state index contributed by atoms with van der Waals surface area (Å²) in [5, 5.41) is 9.69. The van der Waals surface area contributed by atoms with Gasteiger partial charge in [-0.1, -0.05) is 19.1 Å². The summed E-state index contributed by atoms with van der Waals surface area (Å²) >= 11 is 0. The summed E-state index contributed by atoms with van der Waals surface area (Å²) in [6, 6.07) is 6.87. The highest BCUT2D eigenvalue weighted by atomic mass is 16.2. The minimum atomic E-state index is -0.512. The summed E-state index contributed by atoms with van der Waals surface area (Å²) < 4.78 is 0. The Morgan fingerprint density at radius 1 is 1.47 bits per heavy atom. The third-order valence-corrected chi connectivity index (χ3v) is 2.80. The van der Waals surface area contributed by atoms with Gasteiger partial charge in [0.05, 0.1) is 11.7 Å². The van der Waals surface area contributed by atoms with Crippen molar-refractivity contribution in [3.05, 3.63) is 30.1 Å². The number of carbonyl (C=O) groups excluding carboxylic acids is 1. The Bertz CT molecular complexity index is 578. The van der Waals surface area contributed by atoms with Crippen LogP contribution in [0.1, 0.15) is 19.2 Å². The van der Waals surface area contributed by atoms with E-state index in [-0.39, 0.29) is 5.91 Å². The summed E-state index contributed by atoms with van der Waals surface area (Å²) in [5.41, 5.74) is 7.14. The van der Waals surface area contributed by atoms with Crippen molar-refractivity contribution in [1.29, 1.82) is 0 Å². The lowest BCUT2D eigenvalue weighted by molar-refractivity contribution is -0.117. The second-order valence-corrected chi connectivity index (χ2v) is 4.29. The molecule has 1 amide bonds. The maximum absolute atomic E-state index is 11.8. The number of aromatic nitrogens is 3. The quantitative estimate of drug-likeness (QED) is 0.774. The maximum Gasteiger partial charge on any atom is 0.241 e. The molecule has 6 nitrogen and oxygen atoms in total. The van der Waals surface area contributed by atoms with E-state index in [1.54, 1.807) is 6.07 Å². The molecular weight excluding hydrogens is 242 g/mol. The van der Waals surface area contributed by atoms with E-state index in [9.17, 15) is 4.79 Å². The van der Waals surface area contributed by atoms with Crippen LogP contribution in [-0.2, 0) is 4.79 Å². The van der Waals surface area contributed by atoms with Crippen LogP contribution < -0.4 is 11.1 Å². The van der Waals surface area contributed by atoms with Crippen LogP contribution in [0, 0.1) is 6.92 Å². The van der Waals surface area contributed by atoms with Crippen molar-refractivity contribution in [2.45, 2.75) is 26.3 Å². The first-order valence-electron chi connectivity index (χ1n) is 6.16. The molecule has 2 aromatic rings. The van der Waals surface area contributed by atoms with Gasteiger partial charge in [0.2, 0.25) is 5.91 Å². The van der Waals surface area contributed by atoms with Crippen molar-refractivity contribution >= 4 is 11.6 Å². The van der Waals surface area contributed by atoms with Gasteiger partial charge in [0.15, 0.2) is 5.82 Å². The molecule has 0 aliphatic heterocycles. The zero-order valence-electron chi connectivity index (χ0n) is 11.0. The van der Waals surface area contributed by atoms with Crippen molar-refractivity contribution in [3.8, 4) is 11.4 Å². The van der Waals surface area contributed by atoms with Crippen LogP contribution >= 0.6 is 0 Å². The molecule has 0 aliphatic carbocycles. The number of aryl methyl sites for hydroxylation is 1. The van der Waals surface area contributed by atoms with Gasteiger partial charge in [0.25, 0.3) is 0 Å². The molecule has 0 spiro atoms. The molecule has 100 valence electrons. The number of nitrogens with zero attached hydrogens (tertiary/aromatic N) is 2. The number of carbonyl (C=O) groups is 1. The molecule has 19 heavy (non-hydrogen) atoms. The van der Waals surface area contributed by atoms with Crippen LogP contribution in [0.2, 0.25) is 0 Å². The minimum absolute atomic E-state index is 0.206. The highest BCUT2D eigenvalue weighted by Gasteiger charge is 2.15. The number of anilines is 1. The molecule has 0 saturated heterocycles. The van der Waals surface area contributed by atoms with Crippen molar-refractivity contribution in [2.24, 2.45) is 5.73 Å². The van der Waals surface area contributed by atoms with Crippen molar-refractivity contribution in [2.75, 3.05) is 5.32 Å². The van der Waals surface area contributed by atoms with E-state index >= 15 is 0 Å². The van der Waals surface area contributed by atoms with Crippen LogP contribution in [0.25, 0.3) is 11.4 Å². The maximum atomic E-state index is 11.8. The Kier molecular flexibility index (Phi) is 3.91. The first-order valence-corrected chi connectivity index (χ1v) is 6.16. The Balaban J connectivity index is 2.29. The van der Waals surface area contributed by atoms with Crippen molar-refractivity contribution < 1.29 is 4.79 Å². The molecule has 0 aliphatic rings. The molecule has 0 fully saturated rings. The zero-order valence-corrected chi connectivity index (χ0v) is 11.0. The number of amides is 1. The van der Waals surface area contributed by atoms with Gasteiger partial charge < -0.3 is 11.1 Å². The first-order chi connectivity index (χ1) is 9.11. The zero-order chi connectivity index (χ0) is 13.8. The number of nitrogens with one attached hydrogen (secondary N) is 2. The lowest BCUT2D eigenvalue weighted by Gasteiger charge is -2.12. The van der Waals surface area contributed by atoms with Gasteiger partial charge in [-0.25, -0.2) is 4.98 Å². The third kappa shape index (κ3) is 2.97. The monoisotopic (exact) mass is 259 g/mol. The van der Waals surface area contributed by atoms with Crippen LogP contribution in [-0.4, -0.2) is 27.1 Å². The lowest BCUT2D eigenvalue weighted by atomic mass is 10.1. The second kappa shape index (κ2) is 5.62. The molecule has 1 aromatic carbocycles. The normalized spacial score (nSPS) is 12.2. The standard InChI is InChI=1S/C13H17N5O/c1-3-10(14)13(19)16-11-7-5-4-6-9(11)12-15-8(2)17-18-12/h4-7,10H,3,14H2,1-2H3,(H,16,19)(H,15,17,18)/t10-/m1/s1. The Hall–Kier alpha value is -2.21. The fourth-order valence-corrected chi connectivity index (χ4v) is 1.66. The Labute approximate surface area is 111 Å². The van der Waals surface area contributed by atoms with Crippen LogP contribution in [0.5, 0.6) is 0 Å². The van der Waals surface area contributed by atoms with Crippen LogP contribution in [0.3, 0.4) is 0 Å². The molecule has 0 bridgehead atoms. The molecule has 0 saturated carbocycles. The van der Waals surface area contributed by atoms with Gasteiger partial charge in [-0.05, 0) is 25.5 Å². The fourth-order valence-electron chi connectivity index (χ4n) is 1.66. The van der Waals surface area contributed by atoms with Gasteiger partial charge in [0.1, 0.15) is 5.82 Å². The molecular formula is C13H17N5O. The third-order valence-electron chi connectivity index (χ3n) is 2.80. The van der Waals surface area contributed by atoms with E-state index in [0.29, 0.717) is 17.9 Å². The molecule has 0 radical (unpaired) electrons. The predicted octanol–water partition coefficient (Wildman–Crippen LogP) is 1.46. The van der Waals surface area contributed by atoms with E-state index in [2.05, 4.69) is 20.5 Å². The predicted molar refractivity (Wildman–Crippen MR) is 73.5 cm³/mol. The number of hydrogen-bond acceptors (Lipinski definition) is 4.